The monoisotopic (exact) mass is 531 g/mol. The lowest BCUT2D eigenvalue weighted by Crippen LogP contribution is -2.53. The molecule has 4 rings (SSSR count). The Morgan fingerprint density at radius 2 is 1.95 bits per heavy atom. The quantitative estimate of drug-likeness (QED) is 0.380. The summed E-state index contributed by atoms with van der Waals surface area (Å²) in [5.41, 5.74) is 10.6. The van der Waals surface area contributed by atoms with Crippen LogP contribution in [0.1, 0.15) is 50.4 Å². The van der Waals surface area contributed by atoms with Gasteiger partial charge in [0.15, 0.2) is 0 Å². The number of phenolic OH excluding ortho intramolecular Hbond substituents is 1. The van der Waals surface area contributed by atoms with Crippen LogP contribution in [0.2, 0.25) is 0 Å². The van der Waals surface area contributed by atoms with E-state index in [0.29, 0.717) is 30.8 Å². The highest BCUT2D eigenvalue weighted by Crippen LogP contribution is 2.27. The highest BCUT2D eigenvalue weighted by molar-refractivity contribution is 5.94. The molecule has 0 radical (unpaired) electrons. The molecule has 204 valence electrons. The van der Waals surface area contributed by atoms with Gasteiger partial charge in [0.05, 0.1) is 26.4 Å². The minimum atomic E-state index is -0.632. The first-order valence-electron chi connectivity index (χ1n) is 12.7. The number of aryl methyl sites for hydroxylation is 1. The summed E-state index contributed by atoms with van der Waals surface area (Å²) in [6, 6.07) is 17.2. The zero-order valence-electron chi connectivity index (χ0n) is 22.3. The number of aromatic hydroxyl groups is 1. The molecule has 0 saturated carbocycles. The maximum atomic E-state index is 13.3. The smallest absolute Gasteiger partial charge is 0.341 e. The topological polar surface area (TPSA) is 131 Å². The fourth-order valence-corrected chi connectivity index (χ4v) is 4.77. The molecular weight excluding hydrogens is 498 g/mol. The molecule has 0 bridgehead atoms. The second-order valence-corrected chi connectivity index (χ2v) is 9.65. The SMILES string of the molecule is COC(=O)c1ccc([C@H](C)NC(=O)C2COCCN2Cc2cccc(-c3ccc(C(N)=O)cc3C)c2)cc1O. The van der Waals surface area contributed by atoms with E-state index >= 15 is 0 Å². The molecule has 9 heteroatoms. The van der Waals surface area contributed by atoms with E-state index in [1.165, 1.54) is 19.2 Å². The van der Waals surface area contributed by atoms with E-state index in [-0.39, 0.29) is 23.8 Å². The largest absolute Gasteiger partial charge is 0.507 e. The van der Waals surface area contributed by atoms with Crippen molar-refractivity contribution in [2.45, 2.75) is 32.5 Å². The van der Waals surface area contributed by atoms with Crippen molar-refractivity contribution in [1.82, 2.24) is 10.2 Å². The lowest BCUT2D eigenvalue weighted by Gasteiger charge is -2.35. The molecule has 1 heterocycles. The second-order valence-electron chi connectivity index (χ2n) is 9.65. The first-order chi connectivity index (χ1) is 18.7. The molecule has 1 aliphatic heterocycles. The summed E-state index contributed by atoms with van der Waals surface area (Å²) in [4.78, 5) is 38.7. The number of rotatable bonds is 8. The number of nitrogens with one attached hydrogen (secondary N) is 1. The van der Waals surface area contributed by atoms with Gasteiger partial charge in [0.25, 0.3) is 0 Å². The van der Waals surface area contributed by atoms with Crippen molar-refractivity contribution >= 4 is 17.8 Å². The minimum Gasteiger partial charge on any atom is -0.507 e. The molecule has 3 aromatic carbocycles. The molecule has 39 heavy (non-hydrogen) atoms. The second kappa shape index (κ2) is 12.1. The van der Waals surface area contributed by atoms with Crippen molar-refractivity contribution in [3.8, 4) is 16.9 Å². The van der Waals surface area contributed by atoms with E-state index < -0.39 is 24.0 Å². The predicted octanol–water partition coefficient (Wildman–Crippen LogP) is 3.33. The third-order valence-corrected chi connectivity index (χ3v) is 6.96. The van der Waals surface area contributed by atoms with E-state index in [1.54, 1.807) is 18.2 Å². The third kappa shape index (κ3) is 6.45. The van der Waals surface area contributed by atoms with Gasteiger partial charge in [0, 0.05) is 18.7 Å². The standard InChI is InChI=1S/C30H33N3O6/c1-18-13-23(28(31)35)8-9-24(18)22-6-4-5-20(14-22)16-33-11-12-39-17-26(33)29(36)32-19(2)21-7-10-25(27(34)15-21)30(37)38-3/h4-10,13-15,19,26,34H,11-12,16-17H2,1-3H3,(H2,31,35)(H,32,36)/t19-,26?/m0/s1. The van der Waals surface area contributed by atoms with Gasteiger partial charge in [0.1, 0.15) is 17.4 Å². The Morgan fingerprint density at radius 1 is 1.15 bits per heavy atom. The maximum Gasteiger partial charge on any atom is 0.341 e. The number of methoxy groups -OCH3 is 1. The van der Waals surface area contributed by atoms with Gasteiger partial charge in [-0.1, -0.05) is 30.3 Å². The van der Waals surface area contributed by atoms with Crippen molar-refractivity contribution < 1.29 is 29.0 Å². The minimum absolute atomic E-state index is 0.0628. The molecule has 2 atom stereocenters. The van der Waals surface area contributed by atoms with Crippen LogP contribution in [0, 0.1) is 6.92 Å². The molecule has 9 nitrogen and oxygen atoms in total. The van der Waals surface area contributed by atoms with Gasteiger partial charge in [-0.25, -0.2) is 4.79 Å². The predicted molar refractivity (Wildman–Crippen MR) is 146 cm³/mol. The summed E-state index contributed by atoms with van der Waals surface area (Å²) in [5.74, 6) is -1.48. The number of carbonyl (C=O) groups is 3. The van der Waals surface area contributed by atoms with E-state index in [2.05, 4.69) is 21.0 Å². The number of morpholine rings is 1. The first-order valence-corrected chi connectivity index (χ1v) is 12.7. The Hall–Kier alpha value is -4.21. The summed E-state index contributed by atoms with van der Waals surface area (Å²) in [7, 11) is 1.25. The van der Waals surface area contributed by atoms with Crippen LogP contribution in [0.4, 0.5) is 0 Å². The Balaban J connectivity index is 1.47. The molecule has 0 spiro atoms. The average Bonchev–Trinajstić information content (AvgIpc) is 2.92. The van der Waals surface area contributed by atoms with Crippen LogP contribution in [-0.2, 0) is 20.8 Å². The molecule has 2 amide bonds. The van der Waals surface area contributed by atoms with E-state index in [9.17, 15) is 19.5 Å². The molecule has 1 aliphatic rings. The summed E-state index contributed by atoms with van der Waals surface area (Å²) < 4.78 is 10.3. The molecular formula is C30H33N3O6. The van der Waals surface area contributed by atoms with Crippen molar-refractivity contribution in [2.24, 2.45) is 5.73 Å². The molecule has 0 aliphatic carbocycles. The highest BCUT2D eigenvalue weighted by Gasteiger charge is 2.30. The molecule has 3 aromatic rings. The number of nitrogens with zero attached hydrogens (tertiary/aromatic N) is 1. The number of phenols is 1. The number of nitrogens with two attached hydrogens (primary N) is 1. The summed E-state index contributed by atoms with van der Waals surface area (Å²) >= 11 is 0. The Kier molecular flexibility index (Phi) is 8.63. The van der Waals surface area contributed by atoms with Crippen LogP contribution in [0.15, 0.2) is 60.7 Å². The van der Waals surface area contributed by atoms with Crippen LogP contribution < -0.4 is 11.1 Å². The highest BCUT2D eigenvalue weighted by atomic mass is 16.5. The van der Waals surface area contributed by atoms with Crippen LogP contribution in [-0.4, -0.2) is 60.7 Å². The Labute approximate surface area is 227 Å². The number of primary amides is 1. The van der Waals surface area contributed by atoms with Gasteiger partial charge in [-0.05, 0) is 72.0 Å². The number of hydrogen-bond donors (Lipinski definition) is 3. The van der Waals surface area contributed by atoms with Crippen LogP contribution in [0.25, 0.3) is 11.1 Å². The van der Waals surface area contributed by atoms with Gasteiger partial charge in [-0.15, -0.1) is 0 Å². The number of benzene rings is 3. The lowest BCUT2D eigenvalue weighted by atomic mass is 9.96. The fraction of sp³-hybridized carbons (Fsp3) is 0.300. The van der Waals surface area contributed by atoms with Crippen molar-refractivity contribution in [3.05, 3.63) is 88.5 Å². The lowest BCUT2D eigenvalue weighted by molar-refractivity contribution is -0.133. The number of amides is 2. The zero-order chi connectivity index (χ0) is 28.1. The average molecular weight is 532 g/mol. The van der Waals surface area contributed by atoms with Crippen LogP contribution in [0.5, 0.6) is 5.75 Å². The third-order valence-electron chi connectivity index (χ3n) is 6.96. The number of esters is 1. The molecule has 1 saturated heterocycles. The van der Waals surface area contributed by atoms with Crippen molar-refractivity contribution in [3.63, 3.8) is 0 Å². The normalized spacial score (nSPS) is 16.3. The van der Waals surface area contributed by atoms with E-state index in [1.807, 2.05) is 38.1 Å². The van der Waals surface area contributed by atoms with Gasteiger partial charge in [-0.2, -0.15) is 0 Å². The summed E-state index contributed by atoms with van der Waals surface area (Å²) in [6.45, 7) is 5.69. The maximum absolute atomic E-state index is 13.3. The van der Waals surface area contributed by atoms with Gasteiger partial charge >= 0.3 is 5.97 Å². The Bertz CT molecular complexity index is 1390. The fourth-order valence-electron chi connectivity index (χ4n) is 4.77. The molecule has 1 fully saturated rings. The van der Waals surface area contributed by atoms with E-state index in [0.717, 1.165) is 22.3 Å². The van der Waals surface area contributed by atoms with Crippen molar-refractivity contribution in [2.75, 3.05) is 26.9 Å². The molecule has 1 unspecified atom stereocenters. The first kappa shape index (κ1) is 27.8. The number of carbonyl (C=O) groups excluding carboxylic acids is 3. The van der Waals surface area contributed by atoms with E-state index in [4.69, 9.17) is 10.5 Å². The zero-order valence-corrected chi connectivity index (χ0v) is 22.3. The molecule has 4 N–H and O–H groups in total. The summed E-state index contributed by atoms with van der Waals surface area (Å²) in [6.07, 6.45) is 0. The van der Waals surface area contributed by atoms with Crippen LogP contribution >= 0.6 is 0 Å². The number of hydrogen-bond acceptors (Lipinski definition) is 7. The van der Waals surface area contributed by atoms with Crippen LogP contribution in [0.3, 0.4) is 0 Å². The van der Waals surface area contributed by atoms with Gasteiger partial charge < -0.3 is 25.6 Å². The number of ether oxygens (including phenoxy) is 2. The van der Waals surface area contributed by atoms with Crippen molar-refractivity contribution in [1.29, 1.82) is 0 Å². The van der Waals surface area contributed by atoms with Gasteiger partial charge in [0.2, 0.25) is 11.8 Å². The summed E-state index contributed by atoms with van der Waals surface area (Å²) in [5, 5.41) is 13.2. The molecule has 0 aromatic heterocycles. The Morgan fingerprint density at radius 3 is 2.64 bits per heavy atom. The van der Waals surface area contributed by atoms with Gasteiger partial charge in [-0.3, -0.25) is 14.5 Å².